The zero-order valence-corrected chi connectivity index (χ0v) is 16.8. The molecule has 4 atom stereocenters. The van der Waals surface area contributed by atoms with Gasteiger partial charge < -0.3 is 14.9 Å². The molecule has 1 aliphatic rings. The van der Waals surface area contributed by atoms with Gasteiger partial charge in [0.1, 0.15) is 5.78 Å². The summed E-state index contributed by atoms with van der Waals surface area (Å²) in [5.41, 5.74) is 2.18. The largest absolute Gasteiger partial charge is 0.469 e. The standard InChI is InChI=1S/C22H34O5/c1-4-5-14-22(2,26)15-10-12-18-17(19(23)16-20(18)24)11-8-6-7-9-13-21(25)27-3/h6,9-10,12,17-18,20,24,26H,4-5,8,11,13-16H2,1-3H3/b12-10+/t7?,17-,18-,20-,22?/m1/s1. The lowest BCUT2D eigenvalue weighted by molar-refractivity contribution is -0.139. The fourth-order valence-corrected chi connectivity index (χ4v) is 3.39. The first-order valence-electron chi connectivity index (χ1n) is 9.86. The third-order valence-electron chi connectivity index (χ3n) is 5.07. The first-order valence-corrected chi connectivity index (χ1v) is 9.86. The molecule has 0 spiro atoms. The summed E-state index contributed by atoms with van der Waals surface area (Å²) < 4.78 is 4.54. The molecular formula is C22H34O5. The lowest BCUT2D eigenvalue weighted by Gasteiger charge is -2.22. The Kier molecular flexibility index (Phi) is 10.3. The topological polar surface area (TPSA) is 83.8 Å². The minimum Gasteiger partial charge on any atom is -0.469 e. The number of methoxy groups -OCH3 is 1. The zero-order valence-electron chi connectivity index (χ0n) is 16.8. The number of esters is 1. The lowest BCUT2D eigenvalue weighted by atomic mass is 9.88. The van der Waals surface area contributed by atoms with Gasteiger partial charge in [-0.05, 0) is 44.8 Å². The van der Waals surface area contributed by atoms with Crippen LogP contribution < -0.4 is 0 Å². The highest BCUT2D eigenvalue weighted by Crippen LogP contribution is 2.34. The molecule has 1 fully saturated rings. The third-order valence-corrected chi connectivity index (χ3v) is 5.07. The van der Waals surface area contributed by atoms with E-state index in [1.165, 1.54) is 7.11 Å². The van der Waals surface area contributed by atoms with E-state index in [0.29, 0.717) is 19.3 Å². The third kappa shape index (κ3) is 8.70. The van der Waals surface area contributed by atoms with E-state index < -0.39 is 11.7 Å². The molecule has 1 unspecified atom stereocenters. The minimum absolute atomic E-state index is 0.0850. The van der Waals surface area contributed by atoms with Crippen molar-refractivity contribution < 1.29 is 24.5 Å². The first-order chi connectivity index (χ1) is 12.8. The molecule has 152 valence electrons. The van der Waals surface area contributed by atoms with Crippen LogP contribution in [0.2, 0.25) is 0 Å². The molecule has 0 aromatic heterocycles. The van der Waals surface area contributed by atoms with Crippen LogP contribution in [0.1, 0.15) is 65.2 Å². The van der Waals surface area contributed by atoms with Gasteiger partial charge in [-0.2, -0.15) is 0 Å². The highest BCUT2D eigenvalue weighted by atomic mass is 16.5. The Balaban J connectivity index is 2.57. The Bertz CT molecular complexity index is 569. The van der Waals surface area contributed by atoms with E-state index in [-0.39, 0.29) is 36.4 Å². The van der Waals surface area contributed by atoms with Crippen LogP contribution in [0.25, 0.3) is 0 Å². The Morgan fingerprint density at radius 3 is 2.81 bits per heavy atom. The lowest BCUT2D eigenvalue weighted by Crippen LogP contribution is -2.23. The van der Waals surface area contributed by atoms with E-state index >= 15 is 0 Å². The van der Waals surface area contributed by atoms with Crippen molar-refractivity contribution in [3.63, 3.8) is 0 Å². The molecule has 27 heavy (non-hydrogen) atoms. The van der Waals surface area contributed by atoms with E-state index in [1.54, 1.807) is 12.2 Å². The molecular weight excluding hydrogens is 344 g/mol. The van der Waals surface area contributed by atoms with Crippen molar-refractivity contribution in [2.75, 3.05) is 7.11 Å². The normalized spacial score (nSPS) is 24.5. The van der Waals surface area contributed by atoms with E-state index in [2.05, 4.69) is 17.4 Å². The summed E-state index contributed by atoms with van der Waals surface area (Å²) in [6, 6.07) is 0. The molecule has 0 aliphatic heterocycles. The highest BCUT2D eigenvalue weighted by molar-refractivity contribution is 5.84. The number of ether oxygens (including phenoxy) is 1. The fourth-order valence-electron chi connectivity index (χ4n) is 3.39. The number of aliphatic hydroxyl groups excluding tert-OH is 1. The molecule has 5 heteroatoms. The number of aliphatic hydroxyl groups is 2. The Labute approximate surface area is 162 Å². The van der Waals surface area contributed by atoms with Crippen molar-refractivity contribution in [2.45, 2.75) is 76.9 Å². The van der Waals surface area contributed by atoms with Crippen molar-refractivity contribution >= 4 is 11.8 Å². The average molecular weight is 379 g/mol. The van der Waals surface area contributed by atoms with Gasteiger partial charge in [-0.3, -0.25) is 9.59 Å². The van der Waals surface area contributed by atoms with Crippen molar-refractivity contribution in [3.8, 4) is 0 Å². The molecule has 0 radical (unpaired) electrons. The number of carbonyl (C=O) groups excluding carboxylic acids is 2. The van der Waals surface area contributed by atoms with Gasteiger partial charge in [0.2, 0.25) is 0 Å². The van der Waals surface area contributed by atoms with E-state index in [9.17, 15) is 19.8 Å². The SMILES string of the molecule is CCCCC(C)(O)C/C=C/[C@H]1[C@H](O)CC(=O)[C@@H]1CCC=C=CCC(=O)OC. The van der Waals surface area contributed by atoms with Crippen LogP contribution >= 0.6 is 0 Å². The average Bonchev–Trinajstić information content (AvgIpc) is 2.89. The van der Waals surface area contributed by atoms with Crippen molar-refractivity contribution in [1.82, 2.24) is 0 Å². The zero-order chi connectivity index (χ0) is 20.3. The molecule has 0 amide bonds. The predicted molar refractivity (Wildman–Crippen MR) is 105 cm³/mol. The molecule has 1 rings (SSSR count). The number of hydrogen-bond acceptors (Lipinski definition) is 5. The van der Waals surface area contributed by atoms with Gasteiger partial charge in [-0.1, -0.05) is 31.9 Å². The highest BCUT2D eigenvalue weighted by Gasteiger charge is 2.39. The second kappa shape index (κ2) is 11.9. The van der Waals surface area contributed by atoms with Gasteiger partial charge in [0.25, 0.3) is 0 Å². The van der Waals surface area contributed by atoms with Gasteiger partial charge in [0.15, 0.2) is 0 Å². The summed E-state index contributed by atoms with van der Waals surface area (Å²) in [5, 5.41) is 20.6. The van der Waals surface area contributed by atoms with Crippen LogP contribution in [0.15, 0.2) is 30.0 Å². The molecule has 0 aromatic rings. The maximum Gasteiger partial charge on any atom is 0.309 e. The molecule has 1 aliphatic carbocycles. The Morgan fingerprint density at radius 1 is 1.41 bits per heavy atom. The van der Waals surface area contributed by atoms with Crippen molar-refractivity contribution in [1.29, 1.82) is 0 Å². The molecule has 0 aromatic carbocycles. The van der Waals surface area contributed by atoms with E-state index in [0.717, 1.165) is 19.3 Å². The number of hydrogen-bond donors (Lipinski definition) is 2. The van der Waals surface area contributed by atoms with Gasteiger partial charge >= 0.3 is 5.97 Å². The smallest absolute Gasteiger partial charge is 0.309 e. The number of Topliss-reactive ketones (excluding diaryl/α,β-unsaturated/α-hetero) is 1. The van der Waals surface area contributed by atoms with Crippen LogP contribution in [-0.4, -0.2) is 40.8 Å². The van der Waals surface area contributed by atoms with E-state index in [4.69, 9.17) is 0 Å². The van der Waals surface area contributed by atoms with Crippen LogP contribution in [-0.2, 0) is 14.3 Å². The number of ketones is 1. The van der Waals surface area contributed by atoms with Crippen LogP contribution in [0.4, 0.5) is 0 Å². The fraction of sp³-hybridized carbons (Fsp3) is 0.682. The molecule has 0 saturated heterocycles. The van der Waals surface area contributed by atoms with Crippen molar-refractivity contribution in [2.24, 2.45) is 11.8 Å². The Hall–Kier alpha value is -1.68. The second-order valence-electron chi connectivity index (χ2n) is 7.59. The Morgan fingerprint density at radius 2 is 2.15 bits per heavy atom. The maximum absolute atomic E-state index is 12.2. The second-order valence-corrected chi connectivity index (χ2v) is 7.59. The van der Waals surface area contributed by atoms with Crippen LogP contribution in [0.5, 0.6) is 0 Å². The van der Waals surface area contributed by atoms with E-state index in [1.807, 2.05) is 19.1 Å². The van der Waals surface area contributed by atoms with Gasteiger partial charge in [0.05, 0.1) is 25.2 Å². The number of rotatable bonds is 11. The molecule has 2 N–H and O–H groups in total. The minimum atomic E-state index is -0.747. The molecule has 0 bridgehead atoms. The molecule has 5 nitrogen and oxygen atoms in total. The maximum atomic E-state index is 12.2. The monoisotopic (exact) mass is 378 g/mol. The summed E-state index contributed by atoms with van der Waals surface area (Å²) in [7, 11) is 1.34. The van der Waals surface area contributed by atoms with Gasteiger partial charge in [0, 0.05) is 18.3 Å². The predicted octanol–water partition coefficient (Wildman–Crippen LogP) is 3.49. The summed E-state index contributed by atoms with van der Waals surface area (Å²) in [5.74, 6) is -0.644. The van der Waals surface area contributed by atoms with Crippen LogP contribution in [0, 0.1) is 11.8 Å². The summed E-state index contributed by atoms with van der Waals surface area (Å²) >= 11 is 0. The summed E-state index contributed by atoms with van der Waals surface area (Å²) in [6.07, 6.45) is 11.5. The quantitative estimate of drug-likeness (QED) is 0.327. The van der Waals surface area contributed by atoms with Crippen molar-refractivity contribution in [3.05, 3.63) is 30.0 Å². The summed E-state index contributed by atoms with van der Waals surface area (Å²) in [6.45, 7) is 3.92. The number of carbonyl (C=O) groups is 2. The van der Waals surface area contributed by atoms with Gasteiger partial charge in [-0.15, -0.1) is 5.73 Å². The number of unbranched alkanes of at least 4 members (excludes halogenated alkanes) is 1. The molecule has 0 heterocycles. The van der Waals surface area contributed by atoms with Gasteiger partial charge in [-0.25, -0.2) is 0 Å². The summed E-state index contributed by atoms with van der Waals surface area (Å²) in [4.78, 5) is 23.2. The first kappa shape index (κ1) is 23.4. The molecule has 1 saturated carbocycles. The van der Waals surface area contributed by atoms with Crippen LogP contribution in [0.3, 0.4) is 0 Å².